The van der Waals surface area contributed by atoms with Gasteiger partial charge in [0.1, 0.15) is 5.75 Å². The van der Waals surface area contributed by atoms with E-state index in [1.807, 2.05) is 0 Å². The largest absolute Gasteiger partial charge is 0.482 e. The van der Waals surface area contributed by atoms with Gasteiger partial charge in [-0.2, -0.15) is 5.10 Å². The number of nitrogens with one attached hydrogen (secondary N) is 2. The van der Waals surface area contributed by atoms with Crippen LogP contribution in [0.15, 0.2) is 29.4 Å². The standard InChI is InChI=1S/C16H19N3O6/c20-14(21)10-25-12-5-3-11(4-6-12)8-18-19-16(23)15(22)17-9-13-2-1-7-24-13/h3-6,8,13H,1-2,7,9-10H2,(H,17,22)(H,19,23)(H,20,21)/b18-8-/t13-/m1/s1. The van der Waals surface area contributed by atoms with Crippen LogP contribution in [-0.2, 0) is 19.1 Å². The van der Waals surface area contributed by atoms with Gasteiger partial charge in [0.25, 0.3) is 0 Å². The Morgan fingerprint density at radius 3 is 2.68 bits per heavy atom. The monoisotopic (exact) mass is 349 g/mol. The lowest BCUT2D eigenvalue weighted by Gasteiger charge is -2.09. The molecule has 1 saturated heterocycles. The summed E-state index contributed by atoms with van der Waals surface area (Å²) in [5.41, 5.74) is 2.77. The Morgan fingerprint density at radius 1 is 1.28 bits per heavy atom. The van der Waals surface area contributed by atoms with Crippen LogP contribution in [0.5, 0.6) is 5.75 Å². The van der Waals surface area contributed by atoms with Crippen LogP contribution in [0.2, 0.25) is 0 Å². The SMILES string of the molecule is O=C(O)COc1ccc(/C=N\NC(=O)C(=O)NC[C@H]2CCCO2)cc1. The molecule has 9 nitrogen and oxygen atoms in total. The Labute approximate surface area is 144 Å². The van der Waals surface area contributed by atoms with Crippen molar-refractivity contribution in [3.05, 3.63) is 29.8 Å². The van der Waals surface area contributed by atoms with Gasteiger partial charge in [0.2, 0.25) is 0 Å². The number of ether oxygens (including phenoxy) is 2. The van der Waals surface area contributed by atoms with Crippen LogP contribution < -0.4 is 15.5 Å². The molecule has 2 rings (SSSR count). The van der Waals surface area contributed by atoms with Crippen molar-refractivity contribution in [1.82, 2.24) is 10.7 Å². The number of carboxylic acids is 1. The molecule has 134 valence electrons. The third kappa shape index (κ3) is 6.60. The van der Waals surface area contributed by atoms with Gasteiger partial charge in [0.05, 0.1) is 12.3 Å². The molecule has 1 atom stereocenters. The van der Waals surface area contributed by atoms with E-state index in [1.165, 1.54) is 6.21 Å². The smallest absolute Gasteiger partial charge is 0.341 e. The summed E-state index contributed by atoms with van der Waals surface area (Å²) in [6, 6.07) is 6.40. The molecule has 0 radical (unpaired) electrons. The van der Waals surface area contributed by atoms with Crippen molar-refractivity contribution in [2.75, 3.05) is 19.8 Å². The first kappa shape index (κ1) is 18.4. The molecule has 2 amide bonds. The maximum absolute atomic E-state index is 11.6. The number of carboxylic acid groups (broad SMARTS) is 1. The van der Waals surface area contributed by atoms with Crippen molar-refractivity contribution in [3.63, 3.8) is 0 Å². The second kappa shape index (κ2) is 9.38. The van der Waals surface area contributed by atoms with Crippen LogP contribution >= 0.6 is 0 Å². The summed E-state index contributed by atoms with van der Waals surface area (Å²) in [6.07, 6.45) is 3.14. The molecule has 1 aromatic carbocycles. The van der Waals surface area contributed by atoms with Crippen LogP contribution in [-0.4, -0.2) is 55.0 Å². The van der Waals surface area contributed by atoms with E-state index in [9.17, 15) is 14.4 Å². The average Bonchev–Trinajstić information content (AvgIpc) is 3.12. The molecule has 0 spiro atoms. The van der Waals surface area contributed by atoms with E-state index in [0.29, 0.717) is 24.5 Å². The van der Waals surface area contributed by atoms with Gasteiger partial charge in [-0.05, 0) is 42.7 Å². The zero-order valence-electron chi connectivity index (χ0n) is 13.4. The zero-order chi connectivity index (χ0) is 18.1. The second-order valence-corrected chi connectivity index (χ2v) is 5.30. The van der Waals surface area contributed by atoms with Gasteiger partial charge in [0, 0.05) is 13.2 Å². The van der Waals surface area contributed by atoms with E-state index in [1.54, 1.807) is 24.3 Å². The highest BCUT2D eigenvalue weighted by Crippen LogP contribution is 2.11. The first-order valence-electron chi connectivity index (χ1n) is 7.72. The summed E-state index contributed by atoms with van der Waals surface area (Å²) >= 11 is 0. The molecular formula is C16H19N3O6. The molecule has 0 aliphatic carbocycles. The number of carbonyl (C=O) groups excluding carboxylic acids is 2. The predicted octanol–water partition coefficient (Wildman–Crippen LogP) is -0.105. The minimum absolute atomic E-state index is 0.0397. The number of benzene rings is 1. The third-order valence-corrected chi connectivity index (χ3v) is 3.34. The number of amides is 2. The second-order valence-electron chi connectivity index (χ2n) is 5.30. The molecule has 1 heterocycles. The normalized spacial score (nSPS) is 16.6. The molecular weight excluding hydrogens is 330 g/mol. The molecule has 1 aromatic rings. The molecule has 0 aromatic heterocycles. The lowest BCUT2D eigenvalue weighted by atomic mass is 10.2. The Kier molecular flexibility index (Phi) is 6.90. The van der Waals surface area contributed by atoms with Gasteiger partial charge in [-0.3, -0.25) is 9.59 Å². The predicted molar refractivity (Wildman–Crippen MR) is 87.3 cm³/mol. The summed E-state index contributed by atoms with van der Waals surface area (Å²) in [5.74, 6) is -2.30. The van der Waals surface area contributed by atoms with Crippen molar-refractivity contribution in [3.8, 4) is 5.75 Å². The van der Waals surface area contributed by atoms with Crippen LogP contribution in [0.25, 0.3) is 0 Å². The van der Waals surface area contributed by atoms with E-state index >= 15 is 0 Å². The molecule has 0 bridgehead atoms. The van der Waals surface area contributed by atoms with Crippen molar-refractivity contribution >= 4 is 24.0 Å². The summed E-state index contributed by atoms with van der Waals surface area (Å²) < 4.78 is 10.3. The topological polar surface area (TPSA) is 126 Å². The van der Waals surface area contributed by atoms with Crippen LogP contribution in [0.4, 0.5) is 0 Å². The minimum atomic E-state index is -1.06. The molecule has 1 aliphatic heterocycles. The number of aliphatic carboxylic acids is 1. The average molecular weight is 349 g/mol. The quantitative estimate of drug-likeness (QED) is 0.358. The first-order chi connectivity index (χ1) is 12.0. The Hall–Kier alpha value is -2.94. The zero-order valence-corrected chi connectivity index (χ0v) is 13.4. The fourth-order valence-electron chi connectivity index (χ4n) is 2.10. The molecule has 25 heavy (non-hydrogen) atoms. The van der Waals surface area contributed by atoms with E-state index in [4.69, 9.17) is 14.6 Å². The molecule has 0 saturated carbocycles. The number of nitrogens with zero attached hydrogens (tertiary/aromatic N) is 1. The Morgan fingerprint density at radius 2 is 2.04 bits per heavy atom. The van der Waals surface area contributed by atoms with Gasteiger partial charge in [0.15, 0.2) is 6.61 Å². The van der Waals surface area contributed by atoms with E-state index in [-0.39, 0.29) is 6.10 Å². The fraction of sp³-hybridized carbons (Fsp3) is 0.375. The molecule has 1 aliphatic rings. The maximum atomic E-state index is 11.6. The molecule has 9 heteroatoms. The number of hydrogen-bond acceptors (Lipinski definition) is 6. The lowest BCUT2D eigenvalue weighted by Crippen LogP contribution is -2.41. The maximum Gasteiger partial charge on any atom is 0.341 e. The first-order valence-corrected chi connectivity index (χ1v) is 7.72. The highest BCUT2D eigenvalue weighted by molar-refractivity contribution is 6.35. The van der Waals surface area contributed by atoms with Crippen LogP contribution in [0.3, 0.4) is 0 Å². The fourth-order valence-corrected chi connectivity index (χ4v) is 2.10. The third-order valence-electron chi connectivity index (χ3n) is 3.34. The van der Waals surface area contributed by atoms with E-state index in [0.717, 1.165) is 12.8 Å². The minimum Gasteiger partial charge on any atom is -0.482 e. The highest BCUT2D eigenvalue weighted by Gasteiger charge is 2.18. The van der Waals surface area contributed by atoms with E-state index in [2.05, 4.69) is 15.8 Å². The van der Waals surface area contributed by atoms with Crippen molar-refractivity contribution in [1.29, 1.82) is 0 Å². The lowest BCUT2D eigenvalue weighted by molar-refractivity contribution is -0.139. The number of hydrogen-bond donors (Lipinski definition) is 3. The summed E-state index contributed by atoms with van der Waals surface area (Å²) in [6.45, 7) is 0.551. The highest BCUT2D eigenvalue weighted by atomic mass is 16.5. The summed E-state index contributed by atoms with van der Waals surface area (Å²) in [4.78, 5) is 33.6. The number of rotatable bonds is 7. The Balaban J connectivity index is 1.72. The molecule has 1 fully saturated rings. The van der Waals surface area contributed by atoms with E-state index < -0.39 is 24.4 Å². The van der Waals surface area contributed by atoms with Gasteiger partial charge in [-0.25, -0.2) is 10.2 Å². The Bertz CT molecular complexity index is 638. The van der Waals surface area contributed by atoms with Gasteiger partial charge in [-0.1, -0.05) is 0 Å². The summed E-state index contributed by atoms with van der Waals surface area (Å²) in [5, 5.41) is 14.7. The van der Waals surface area contributed by atoms with Crippen LogP contribution in [0.1, 0.15) is 18.4 Å². The summed E-state index contributed by atoms with van der Waals surface area (Å²) in [7, 11) is 0. The van der Waals surface area contributed by atoms with Gasteiger partial charge in [-0.15, -0.1) is 0 Å². The van der Waals surface area contributed by atoms with Crippen LogP contribution in [0, 0.1) is 0 Å². The van der Waals surface area contributed by atoms with Crippen molar-refractivity contribution in [2.24, 2.45) is 5.10 Å². The number of hydrazone groups is 1. The van der Waals surface area contributed by atoms with Crippen molar-refractivity contribution in [2.45, 2.75) is 18.9 Å². The van der Waals surface area contributed by atoms with Gasteiger partial charge >= 0.3 is 17.8 Å². The molecule has 0 unspecified atom stereocenters. The molecule has 3 N–H and O–H groups in total. The number of carbonyl (C=O) groups is 3. The van der Waals surface area contributed by atoms with Gasteiger partial charge < -0.3 is 19.9 Å². The van der Waals surface area contributed by atoms with Crippen molar-refractivity contribution < 1.29 is 29.0 Å².